The van der Waals surface area contributed by atoms with Gasteiger partial charge in [-0.15, -0.1) is 13.2 Å². The third kappa shape index (κ3) is 3.02. The van der Waals surface area contributed by atoms with Crippen LogP contribution < -0.4 is 11.5 Å². The quantitative estimate of drug-likeness (QED) is 0.582. The predicted molar refractivity (Wildman–Crippen MR) is 97.6 cm³/mol. The summed E-state index contributed by atoms with van der Waals surface area (Å²) in [7, 11) is 0. The number of pyridine rings is 1. The molecule has 2 aromatic rings. The monoisotopic (exact) mass is 353 g/mol. The van der Waals surface area contributed by atoms with Crippen LogP contribution in [0, 0.1) is 0 Å². The molecule has 1 saturated heterocycles. The molecule has 0 amide bonds. The molecule has 0 spiro atoms. The summed E-state index contributed by atoms with van der Waals surface area (Å²) in [6, 6.07) is 1.63. The maximum absolute atomic E-state index is 10.4. The van der Waals surface area contributed by atoms with Gasteiger partial charge < -0.3 is 26.4 Å². The number of nitrogens with two attached hydrogens (primary N) is 2. The van der Waals surface area contributed by atoms with E-state index < -0.39 is 31.4 Å². The molecule has 4 atom stereocenters. The Balaban J connectivity index is 1.92. The van der Waals surface area contributed by atoms with E-state index in [1.54, 1.807) is 12.3 Å². The highest BCUT2D eigenvalue weighted by atomic mass is 31.2. The fourth-order valence-electron chi connectivity index (χ4n) is 2.93. The maximum atomic E-state index is 10.4. The van der Waals surface area contributed by atoms with E-state index in [4.69, 9.17) is 16.2 Å². The standard InChI is InChI=1S/C15H24N5O3P/c1-24(2,3)7-5-9-11(21)12(22)14(23-9)20-13-10(19-15(20)17)8(16)4-6-18-13/h4,6,9,11-12,14,21-22H,1,5,7H2,2-3H3,(H2,16,18)(H2,17,19)/t9?,11-,12-,14-/m1/s1. The van der Waals surface area contributed by atoms with Crippen molar-refractivity contribution in [3.8, 4) is 0 Å². The van der Waals surface area contributed by atoms with Crippen molar-refractivity contribution in [1.29, 1.82) is 0 Å². The van der Waals surface area contributed by atoms with E-state index in [-0.39, 0.29) is 5.95 Å². The zero-order valence-electron chi connectivity index (χ0n) is 13.8. The highest BCUT2D eigenvalue weighted by Crippen LogP contribution is 2.40. The average Bonchev–Trinajstić information content (AvgIpc) is 2.96. The van der Waals surface area contributed by atoms with Gasteiger partial charge in [0.05, 0.1) is 11.8 Å². The molecule has 1 fully saturated rings. The smallest absolute Gasteiger partial charge is 0.204 e. The summed E-state index contributed by atoms with van der Waals surface area (Å²) in [6.45, 7) is 3.00. The van der Waals surface area contributed by atoms with Gasteiger partial charge in [-0.25, -0.2) is 9.97 Å². The molecule has 1 aliphatic heterocycles. The molecule has 0 aliphatic carbocycles. The second-order valence-corrected chi connectivity index (χ2v) is 11.2. The number of nitrogens with zero attached hydrogens (tertiary/aromatic N) is 3. The zero-order chi connectivity index (χ0) is 17.6. The minimum atomic E-state index is -1.24. The van der Waals surface area contributed by atoms with Crippen molar-refractivity contribution in [3.05, 3.63) is 12.3 Å². The molecule has 24 heavy (non-hydrogen) atoms. The van der Waals surface area contributed by atoms with Crippen LogP contribution in [0.5, 0.6) is 0 Å². The van der Waals surface area contributed by atoms with E-state index in [2.05, 4.69) is 29.6 Å². The lowest BCUT2D eigenvalue weighted by molar-refractivity contribution is -0.0340. The number of anilines is 2. The third-order valence-corrected chi connectivity index (χ3v) is 5.72. The molecule has 0 aromatic carbocycles. The molecule has 0 saturated carbocycles. The van der Waals surface area contributed by atoms with E-state index in [1.807, 2.05) is 0 Å². The van der Waals surface area contributed by atoms with Crippen LogP contribution in [0.3, 0.4) is 0 Å². The van der Waals surface area contributed by atoms with Crippen LogP contribution in [0.1, 0.15) is 12.6 Å². The lowest BCUT2D eigenvalue weighted by atomic mass is 10.1. The molecule has 132 valence electrons. The number of aliphatic hydroxyl groups is 2. The van der Waals surface area contributed by atoms with Gasteiger partial charge in [0.1, 0.15) is 17.7 Å². The van der Waals surface area contributed by atoms with Crippen LogP contribution in [-0.2, 0) is 4.74 Å². The predicted octanol–water partition coefficient (Wildman–Crippen LogP) is 0.314. The normalized spacial score (nSPS) is 27.8. The Labute approximate surface area is 140 Å². The van der Waals surface area contributed by atoms with E-state index >= 15 is 0 Å². The molecule has 2 aromatic heterocycles. The summed E-state index contributed by atoms with van der Waals surface area (Å²) in [5.41, 5.74) is 13.2. The largest absolute Gasteiger partial charge is 0.397 e. The lowest BCUT2D eigenvalue weighted by Gasteiger charge is -2.19. The van der Waals surface area contributed by atoms with Crippen molar-refractivity contribution < 1.29 is 14.9 Å². The fourth-order valence-corrected chi connectivity index (χ4v) is 3.89. The molecular formula is C15H24N5O3P. The van der Waals surface area contributed by atoms with Gasteiger partial charge in [-0.3, -0.25) is 4.57 Å². The second-order valence-electron chi connectivity index (χ2n) is 6.91. The number of hydrogen-bond donors (Lipinski definition) is 4. The first-order valence-electron chi connectivity index (χ1n) is 7.76. The van der Waals surface area contributed by atoms with Crippen molar-refractivity contribution in [2.45, 2.75) is 31.0 Å². The summed E-state index contributed by atoms with van der Waals surface area (Å²) in [4.78, 5) is 8.44. The number of aliphatic hydroxyl groups excluding tert-OH is 2. The van der Waals surface area contributed by atoms with Gasteiger partial charge in [0.15, 0.2) is 11.9 Å². The van der Waals surface area contributed by atoms with Crippen LogP contribution in [0.2, 0.25) is 0 Å². The Morgan fingerprint density at radius 2 is 2.04 bits per heavy atom. The molecule has 1 unspecified atom stereocenters. The summed E-state index contributed by atoms with van der Waals surface area (Å²) in [5.74, 6) is 0.136. The molecule has 6 N–H and O–H groups in total. The van der Waals surface area contributed by atoms with E-state index in [0.29, 0.717) is 23.3 Å². The number of rotatable bonds is 4. The maximum Gasteiger partial charge on any atom is 0.204 e. The molecular weight excluding hydrogens is 329 g/mol. The van der Waals surface area contributed by atoms with Crippen molar-refractivity contribution >= 4 is 36.0 Å². The van der Waals surface area contributed by atoms with Crippen molar-refractivity contribution in [3.63, 3.8) is 0 Å². The Bertz CT molecular complexity index is 802. The van der Waals surface area contributed by atoms with Gasteiger partial charge in [0.25, 0.3) is 0 Å². The first-order chi connectivity index (χ1) is 11.2. The number of nitrogen functional groups attached to an aromatic ring is 2. The highest BCUT2D eigenvalue weighted by molar-refractivity contribution is 7.72. The molecule has 8 nitrogen and oxygen atoms in total. The van der Waals surface area contributed by atoms with Gasteiger partial charge >= 0.3 is 0 Å². The molecule has 9 heteroatoms. The summed E-state index contributed by atoms with van der Waals surface area (Å²) in [6.07, 6.45) is 3.73. The Morgan fingerprint density at radius 3 is 2.71 bits per heavy atom. The molecule has 3 heterocycles. The Kier molecular flexibility index (Phi) is 4.34. The number of fused-ring (bicyclic) bond motifs is 1. The number of ether oxygens (including phenoxy) is 1. The number of hydrogen-bond acceptors (Lipinski definition) is 7. The van der Waals surface area contributed by atoms with Crippen LogP contribution in [-0.4, -0.2) is 68.9 Å². The topological polar surface area (TPSA) is 132 Å². The minimum absolute atomic E-state index is 0.136. The SMILES string of the molecule is C=P(C)(C)CCC1O[C@@H](n2c(N)nc3c(N)ccnc32)[C@H](O)[C@@H]1O. The number of imidazole rings is 1. The number of aromatic nitrogens is 3. The summed E-state index contributed by atoms with van der Waals surface area (Å²) in [5, 5.41) is 20.8. The van der Waals surface area contributed by atoms with Gasteiger partial charge in [-0.2, -0.15) is 0 Å². The summed E-state index contributed by atoms with van der Waals surface area (Å²) < 4.78 is 7.40. The highest BCUT2D eigenvalue weighted by Gasteiger charge is 2.44. The Hall–Kier alpha value is -1.60. The van der Waals surface area contributed by atoms with E-state index in [0.717, 1.165) is 6.16 Å². The molecule has 0 bridgehead atoms. The van der Waals surface area contributed by atoms with Crippen LogP contribution in [0.4, 0.5) is 11.6 Å². The first-order valence-corrected chi connectivity index (χ1v) is 10.8. The van der Waals surface area contributed by atoms with Crippen molar-refractivity contribution in [1.82, 2.24) is 14.5 Å². The second kappa shape index (κ2) is 6.04. The lowest BCUT2D eigenvalue weighted by Crippen LogP contribution is -2.32. The summed E-state index contributed by atoms with van der Waals surface area (Å²) >= 11 is 0. The van der Waals surface area contributed by atoms with E-state index in [1.165, 1.54) is 4.57 Å². The van der Waals surface area contributed by atoms with Crippen molar-refractivity contribution in [2.75, 3.05) is 31.0 Å². The van der Waals surface area contributed by atoms with Gasteiger partial charge in [0.2, 0.25) is 5.95 Å². The molecule has 1 aliphatic rings. The average molecular weight is 353 g/mol. The molecule has 0 radical (unpaired) electrons. The van der Waals surface area contributed by atoms with Crippen molar-refractivity contribution in [2.24, 2.45) is 0 Å². The zero-order valence-corrected chi connectivity index (χ0v) is 14.7. The minimum Gasteiger partial charge on any atom is -0.397 e. The van der Waals surface area contributed by atoms with Gasteiger partial charge in [-0.05, 0) is 32.0 Å². The Morgan fingerprint density at radius 1 is 1.33 bits per heavy atom. The van der Waals surface area contributed by atoms with Crippen LogP contribution in [0.25, 0.3) is 11.2 Å². The van der Waals surface area contributed by atoms with Gasteiger partial charge in [0, 0.05) is 6.20 Å². The van der Waals surface area contributed by atoms with Gasteiger partial charge in [-0.1, -0.05) is 0 Å². The molecule has 3 rings (SSSR count). The van der Waals surface area contributed by atoms with E-state index in [9.17, 15) is 10.2 Å². The van der Waals surface area contributed by atoms with Crippen LogP contribution >= 0.6 is 6.89 Å². The third-order valence-electron chi connectivity index (χ3n) is 4.25. The fraction of sp³-hybridized carbons (Fsp3) is 0.533. The van der Waals surface area contributed by atoms with Crippen LogP contribution in [0.15, 0.2) is 12.3 Å². The first kappa shape index (κ1) is 17.2.